The third-order valence-corrected chi connectivity index (χ3v) is 5.15. The standard InChI is InChI=1S/C14H18N4O2S/c1-14(20-2)5-3-7-18(8-14)13(19)11-10(15)9-4-6-16-17-12(9)21-11/h4,6H,3,5,7-8,15H2,1-2H3. The summed E-state index contributed by atoms with van der Waals surface area (Å²) < 4.78 is 5.54. The predicted molar refractivity (Wildman–Crippen MR) is 82.4 cm³/mol. The molecule has 1 aliphatic heterocycles. The highest BCUT2D eigenvalue weighted by Gasteiger charge is 2.34. The molecule has 7 heteroatoms. The number of anilines is 1. The molecule has 2 N–H and O–H groups in total. The van der Waals surface area contributed by atoms with Crippen molar-refractivity contribution < 1.29 is 9.53 Å². The molecule has 0 saturated carbocycles. The molecule has 1 amide bonds. The van der Waals surface area contributed by atoms with Crippen molar-refractivity contribution in [2.24, 2.45) is 0 Å². The topological polar surface area (TPSA) is 81.3 Å². The molecule has 1 atom stereocenters. The number of hydrogen-bond donors (Lipinski definition) is 1. The van der Waals surface area contributed by atoms with E-state index in [0.717, 1.165) is 24.8 Å². The Morgan fingerprint density at radius 2 is 2.38 bits per heavy atom. The molecule has 0 aliphatic carbocycles. The molecule has 0 aromatic carbocycles. The molecule has 2 aromatic rings. The maximum Gasteiger partial charge on any atom is 0.266 e. The third kappa shape index (κ3) is 2.47. The van der Waals surface area contributed by atoms with Crippen LogP contribution in [0.4, 0.5) is 5.69 Å². The van der Waals surface area contributed by atoms with E-state index in [9.17, 15) is 4.79 Å². The van der Waals surface area contributed by atoms with E-state index in [2.05, 4.69) is 10.2 Å². The Morgan fingerprint density at radius 1 is 1.57 bits per heavy atom. The number of hydrogen-bond acceptors (Lipinski definition) is 6. The summed E-state index contributed by atoms with van der Waals surface area (Å²) in [6.45, 7) is 3.35. The van der Waals surface area contributed by atoms with Crippen molar-refractivity contribution in [3.05, 3.63) is 17.1 Å². The van der Waals surface area contributed by atoms with Crippen LogP contribution >= 0.6 is 11.3 Å². The van der Waals surface area contributed by atoms with E-state index in [-0.39, 0.29) is 11.5 Å². The number of ether oxygens (including phenoxy) is 1. The summed E-state index contributed by atoms with van der Waals surface area (Å²) in [5.74, 6) is -0.0431. The van der Waals surface area contributed by atoms with Crippen molar-refractivity contribution in [2.75, 3.05) is 25.9 Å². The Hall–Kier alpha value is -1.73. The minimum Gasteiger partial charge on any atom is -0.397 e. The Bertz CT molecular complexity index is 687. The molecule has 1 aliphatic rings. The summed E-state index contributed by atoms with van der Waals surface area (Å²) in [7, 11) is 1.69. The second-order valence-electron chi connectivity index (χ2n) is 5.58. The van der Waals surface area contributed by atoms with Crippen LogP contribution in [0.15, 0.2) is 12.3 Å². The first-order chi connectivity index (χ1) is 10.0. The summed E-state index contributed by atoms with van der Waals surface area (Å²) in [6.07, 6.45) is 3.48. The smallest absolute Gasteiger partial charge is 0.266 e. The molecule has 0 radical (unpaired) electrons. The first-order valence-corrected chi connectivity index (χ1v) is 7.70. The minimum atomic E-state index is -0.279. The van der Waals surface area contributed by atoms with Gasteiger partial charge in [0.1, 0.15) is 9.71 Å². The lowest BCUT2D eigenvalue weighted by Gasteiger charge is -2.39. The second kappa shape index (κ2) is 5.23. The van der Waals surface area contributed by atoms with Crippen LogP contribution in [-0.4, -0.2) is 46.8 Å². The zero-order valence-corrected chi connectivity index (χ0v) is 12.9. The van der Waals surface area contributed by atoms with Crippen molar-refractivity contribution >= 4 is 33.1 Å². The van der Waals surface area contributed by atoms with Crippen LogP contribution in [0.2, 0.25) is 0 Å². The summed E-state index contributed by atoms with van der Waals surface area (Å²) in [5.41, 5.74) is 6.33. The van der Waals surface area contributed by atoms with Gasteiger partial charge in [-0.1, -0.05) is 0 Å². The fourth-order valence-corrected chi connectivity index (χ4v) is 3.73. The van der Waals surface area contributed by atoms with Gasteiger partial charge in [0.15, 0.2) is 0 Å². The molecular formula is C14H18N4O2S. The van der Waals surface area contributed by atoms with Crippen LogP contribution in [-0.2, 0) is 4.74 Å². The van der Waals surface area contributed by atoms with Crippen molar-refractivity contribution in [1.82, 2.24) is 15.1 Å². The van der Waals surface area contributed by atoms with Gasteiger partial charge < -0.3 is 15.4 Å². The van der Waals surface area contributed by atoms with E-state index in [4.69, 9.17) is 10.5 Å². The van der Waals surface area contributed by atoms with E-state index in [1.807, 2.05) is 11.8 Å². The van der Waals surface area contributed by atoms with Gasteiger partial charge in [0.05, 0.1) is 17.5 Å². The molecule has 1 unspecified atom stereocenters. The van der Waals surface area contributed by atoms with Crippen LogP contribution < -0.4 is 5.73 Å². The molecular weight excluding hydrogens is 288 g/mol. The fourth-order valence-electron chi connectivity index (χ4n) is 2.72. The van der Waals surface area contributed by atoms with Gasteiger partial charge in [-0.3, -0.25) is 4.79 Å². The average molecular weight is 306 g/mol. The molecule has 1 fully saturated rings. The van der Waals surface area contributed by atoms with Gasteiger partial charge in [0.25, 0.3) is 5.91 Å². The number of rotatable bonds is 2. The average Bonchev–Trinajstić information content (AvgIpc) is 2.84. The normalized spacial score (nSPS) is 22.7. The number of nitrogen functional groups attached to an aromatic ring is 1. The predicted octanol–water partition coefficient (Wildman–Crippen LogP) is 1.91. The highest BCUT2D eigenvalue weighted by Crippen LogP contribution is 2.34. The SMILES string of the molecule is COC1(C)CCCN(C(=O)c2sc3nnccc3c2N)C1. The lowest BCUT2D eigenvalue weighted by molar-refractivity contribution is -0.0438. The zero-order valence-electron chi connectivity index (χ0n) is 12.1. The number of amides is 1. The minimum absolute atomic E-state index is 0.0431. The molecule has 3 heterocycles. The summed E-state index contributed by atoms with van der Waals surface area (Å²) >= 11 is 1.30. The summed E-state index contributed by atoms with van der Waals surface area (Å²) in [4.78, 5) is 15.8. The highest BCUT2D eigenvalue weighted by molar-refractivity contribution is 7.21. The number of nitrogens with zero attached hydrogens (tertiary/aromatic N) is 3. The van der Waals surface area contributed by atoms with Crippen molar-refractivity contribution in [3.63, 3.8) is 0 Å². The number of nitrogens with two attached hydrogens (primary N) is 1. The van der Waals surface area contributed by atoms with Crippen molar-refractivity contribution in [2.45, 2.75) is 25.4 Å². The number of aromatic nitrogens is 2. The second-order valence-corrected chi connectivity index (χ2v) is 6.58. The molecule has 2 aromatic heterocycles. The van der Waals surface area contributed by atoms with Crippen LogP contribution in [0.1, 0.15) is 29.4 Å². The number of likely N-dealkylation sites (tertiary alicyclic amines) is 1. The first-order valence-electron chi connectivity index (χ1n) is 6.88. The maximum atomic E-state index is 12.7. The van der Waals surface area contributed by atoms with Crippen molar-refractivity contribution in [3.8, 4) is 0 Å². The molecule has 1 saturated heterocycles. The van der Waals surface area contributed by atoms with Crippen LogP contribution in [0.25, 0.3) is 10.2 Å². The lowest BCUT2D eigenvalue weighted by Crippen LogP contribution is -2.49. The first kappa shape index (κ1) is 14.2. The van der Waals surface area contributed by atoms with Gasteiger partial charge in [-0.25, -0.2) is 0 Å². The maximum absolute atomic E-state index is 12.7. The van der Waals surface area contributed by atoms with Crippen LogP contribution in [0, 0.1) is 0 Å². The molecule has 3 rings (SSSR count). The van der Waals surface area contributed by atoms with E-state index in [0.29, 0.717) is 21.9 Å². The summed E-state index contributed by atoms with van der Waals surface area (Å²) in [6, 6.07) is 1.79. The molecule has 21 heavy (non-hydrogen) atoms. The molecule has 0 bridgehead atoms. The monoisotopic (exact) mass is 306 g/mol. The Morgan fingerprint density at radius 3 is 3.10 bits per heavy atom. The third-order valence-electron chi connectivity index (χ3n) is 4.05. The van der Waals surface area contributed by atoms with Gasteiger partial charge in [-0.15, -0.1) is 16.4 Å². The Kier molecular flexibility index (Phi) is 3.54. The van der Waals surface area contributed by atoms with Gasteiger partial charge in [0, 0.05) is 25.6 Å². The summed E-state index contributed by atoms with van der Waals surface area (Å²) in [5, 5.41) is 8.66. The number of carbonyl (C=O) groups is 1. The lowest BCUT2D eigenvalue weighted by atomic mass is 9.94. The van der Waals surface area contributed by atoms with Gasteiger partial charge in [-0.05, 0) is 25.8 Å². The number of thiophene rings is 1. The fraction of sp³-hybridized carbons (Fsp3) is 0.500. The quantitative estimate of drug-likeness (QED) is 0.916. The van der Waals surface area contributed by atoms with Crippen molar-refractivity contribution in [1.29, 1.82) is 0 Å². The Balaban J connectivity index is 1.92. The number of carbonyl (C=O) groups excluding carboxylic acids is 1. The molecule has 112 valence electrons. The number of piperidine rings is 1. The Labute approximate surface area is 126 Å². The zero-order chi connectivity index (χ0) is 15.0. The van der Waals surface area contributed by atoms with E-state index < -0.39 is 0 Å². The van der Waals surface area contributed by atoms with Crippen LogP contribution in [0.3, 0.4) is 0 Å². The highest BCUT2D eigenvalue weighted by atomic mass is 32.1. The van der Waals surface area contributed by atoms with Gasteiger partial charge in [0.2, 0.25) is 0 Å². The van der Waals surface area contributed by atoms with E-state index in [1.54, 1.807) is 19.4 Å². The van der Waals surface area contributed by atoms with Crippen LogP contribution in [0.5, 0.6) is 0 Å². The van der Waals surface area contributed by atoms with E-state index in [1.165, 1.54) is 11.3 Å². The van der Waals surface area contributed by atoms with E-state index >= 15 is 0 Å². The molecule has 0 spiro atoms. The largest absolute Gasteiger partial charge is 0.397 e. The van der Waals surface area contributed by atoms with Gasteiger partial charge >= 0.3 is 0 Å². The molecule has 6 nitrogen and oxygen atoms in total. The van der Waals surface area contributed by atoms with Gasteiger partial charge in [-0.2, -0.15) is 5.10 Å². The number of fused-ring (bicyclic) bond motifs is 1. The number of methoxy groups -OCH3 is 1.